The molecule has 3 aliphatic rings. The standard InChI is InChI=1S/C22H32N6O7Si2/c1-12(29)7-8-15(30)33-18-17-14(10-31-36(3,4)35-37(5,6)34-17)32-22(18)28-9-13-16-20(24-11-25-21(16)28)27(2)26-19(13)23/h9,11,14,17-18,22H,7-8,10H2,1-6H3,(H2,23,26)/t14-,17?,18+,22-/m1/s1. The molecule has 37 heavy (non-hydrogen) atoms. The Balaban J connectivity index is 1.57. The van der Waals surface area contributed by atoms with Crippen molar-refractivity contribution in [1.82, 2.24) is 14.5 Å². The van der Waals surface area contributed by atoms with Crippen molar-refractivity contribution >= 4 is 51.6 Å². The summed E-state index contributed by atoms with van der Waals surface area (Å²) in [4.78, 5) is 33.2. The molecular weight excluding hydrogens is 516 g/mol. The number of rotatable bonds is 5. The lowest BCUT2D eigenvalue weighted by atomic mass is 10.1. The minimum Gasteiger partial charge on any atom is -0.455 e. The molecule has 0 aliphatic carbocycles. The van der Waals surface area contributed by atoms with Gasteiger partial charge in [0.25, 0.3) is 0 Å². The summed E-state index contributed by atoms with van der Waals surface area (Å²) in [6, 6.07) is 0. The van der Waals surface area contributed by atoms with Gasteiger partial charge in [0.2, 0.25) is 0 Å². The molecule has 2 saturated heterocycles. The van der Waals surface area contributed by atoms with Crippen LogP contribution in [0.1, 0.15) is 31.6 Å². The van der Waals surface area contributed by atoms with E-state index in [2.05, 4.69) is 15.1 Å². The lowest BCUT2D eigenvalue weighted by Crippen LogP contribution is -2.57. The molecule has 1 unspecified atom stereocenters. The van der Waals surface area contributed by atoms with E-state index in [0.29, 0.717) is 22.9 Å². The first-order chi connectivity index (χ1) is 17.3. The number of esters is 1. The minimum absolute atomic E-state index is 0.0436. The summed E-state index contributed by atoms with van der Waals surface area (Å²) in [5.41, 5.74) is 7.45. The molecule has 5 heterocycles. The van der Waals surface area contributed by atoms with Crippen LogP contribution in [0.3, 0.4) is 0 Å². The second-order valence-electron chi connectivity index (χ2n) is 10.4. The maximum Gasteiger partial charge on any atom is 0.323 e. The molecule has 0 bridgehead atoms. The van der Waals surface area contributed by atoms with Gasteiger partial charge in [-0.05, 0) is 33.1 Å². The van der Waals surface area contributed by atoms with Crippen molar-refractivity contribution < 1.29 is 32.0 Å². The van der Waals surface area contributed by atoms with Gasteiger partial charge in [0.05, 0.1) is 18.4 Å². The summed E-state index contributed by atoms with van der Waals surface area (Å²) in [6.45, 7) is 9.46. The Morgan fingerprint density at radius 1 is 1.19 bits per heavy atom. The van der Waals surface area contributed by atoms with Gasteiger partial charge in [-0.25, -0.2) is 15.0 Å². The van der Waals surface area contributed by atoms with E-state index in [1.54, 1.807) is 22.8 Å². The summed E-state index contributed by atoms with van der Waals surface area (Å²) < 4.78 is 33.3. The largest absolute Gasteiger partial charge is 0.455 e. The van der Waals surface area contributed by atoms with Crippen molar-refractivity contribution in [3.63, 3.8) is 0 Å². The fourth-order valence-corrected chi connectivity index (χ4v) is 11.7. The van der Waals surface area contributed by atoms with Crippen LogP contribution in [0, 0.1) is 0 Å². The van der Waals surface area contributed by atoms with E-state index in [9.17, 15) is 9.59 Å². The Morgan fingerprint density at radius 2 is 1.95 bits per heavy atom. The van der Waals surface area contributed by atoms with Crippen molar-refractivity contribution in [2.45, 2.75) is 70.5 Å². The highest BCUT2D eigenvalue weighted by Crippen LogP contribution is 2.41. The number of hydrogen-bond donors (Lipinski definition) is 1. The van der Waals surface area contributed by atoms with Gasteiger partial charge in [-0.2, -0.15) is 5.10 Å². The molecule has 3 aliphatic heterocycles. The van der Waals surface area contributed by atoms with Crippen molar-refractivity contribution in [1.29, 1.82) is 0 Å². The molecule has 13 nitrogen and oxygen atoms in total. The normalized spacial score (nSPS) is 28.3. The van der Waals surface area contributed by atoms with Gasteiger partial charge in [0, 0.05) is 25.2 Å². The Morgan fingerprint density at radius 3 is 2.68 bits per heavy atom. The smallest absolute Gasteiger partial charge is 0.323 e. The third-order valence-corrected chi connectivity index (χ3v) is 12.1. The van der Waals surface area contributed by atoms with Crippen LogP contribution >= 0.6 is 0 Å². The fraction of sp³-hybridized carbons (Fsp3) is 0.591. The number of hydrazone groups is 1. The monoisotopic (exact) mass is 548 g/mol. The van der Waals surface area contributed by atoms with E-state index in [1.807, 2.05) is 26.2 Å². The Hall–Kier alpha value is -2.70. The molecule has 4 atom stereocenters. The zero-order valence-electron chi connectivity index (χ0n) is 21.8. The van der Waals surface area contributed by atoms with Crippen molar-refractivity contribution in [3.05, 3.63) is 18.1 Å². The van der Waals surface area contributed by atoms with Crippen LogP contribution < -0.4 is 10.7 Å². The Kier molecular flexibility index (Phi) is 6.48. The lowest BCUT2D eigenvalue weighted by molar-refractivity contribution is -0.158. The third-order valence-electron chi connectivity index (χ3n) is 6.44. The first kappa shape index (κ1) is 25.9. The predicted octanol–water partition coefficient (Wildman–Crippen LogP) is 1.52. The van der Waals surface area contributed by atoms with Crippen LogP contribution in [0.5, 0.6) is 0 Å². The van der Waals surface area contributed by atoms with Crippen LogP contribution in [-0.2, 0) is 32.0 Å². The first-order valence-corrected chi connectivity index (χ1v) is 17.8. The average molecular weight is 549 g/mol. The first-order valence-electron chi connectivity index (χ1n) is 12.2. The third kappa shape index (κ3) is 4.94. The molecule has 200 valence electrons. The molecule has 15 heteroatoms. The number of carbonyl (C=O) groups is 2. The van der Waals surface area contributed by atoms with Crippen LogP contribution in [0.4, 0.5) is 5.82 Å². The predicted molar refractivity (Wildman–Crippen MR) is 137 cm³/mol. The minimum atomic E-state index is -2.70. The Labute approximate surface area is 216 Å². The number of ether oxygens (including phenoxy) is 2. The zero-order valence-corrected chi connectivity index (χ0v) is 23.8. The van der Waals surface area contributed by atoms with E-state index in [1.165, 1.54) is 13.3 Å². The van der Waals surface area contributed by atoms with Crippen molar-refractivity contribution in [2.75, 3.05) is 18.7 Å². The van der Waals surface area contributed by atoms with Crippen LogP contribution in [-0.4, -0.2) is 81.2 Å². The molecule has 2 fully saturated rings. The van der Waals surface area contributed by atoms with Gasteiger partial charge in [-0.3, -0.25) is 4.79 Å². The van der Waals surface area contributed by atoms with Gasteiger partial charge in [-0.1, -0.05) is 0 Å². The molecule has 0 amide bonds. The van der Waals surface area contributed by atoms with Gasteiger partial charge in [-0.15, -0.1) is 0 Å². The van der Waals surface area contributed by atoms with E-state index in [-0.39, 0.29) is 25.2 Å². The summed E-state index contributed by atoms with van der Waals surface area (Å²) >= 11 is 0. The topological polar surface area (TPSA) is 153 Å². The highest BCUT2D eigenvalue weighted by Gasteiger charge is 2.54. The molecule has 0 aromatic carbocycles. The molecule has 0 saturated carbocycles. The molecule has 2 aromatic heterocycles. The van der Waals surface area contributed by atoms with Gasteiger partial charge >= 0.3 is 23.1 Å². The lowest BCUT2D eigenvalue weighted by Gasteiger charge is -2.39. The molecule has 2 N–H and O–H groups in total. The summed E-state index contributed by atoms with van der Waals surface area (Å²) in [5, 5.41) is 6.65. The SMILES string of the molecule is CC(=O)CCC(=O)O[C@H]1C2O[Si](C)(C)O[Si](C)(C)OC[C@H]2O[C@H]1n1cc2c3c(ncnc31)N(C)N=C2N. The number of aromatic nitrogens is 3. The number of nitrogens with zero attached hydrogens (tertiary/aromatic N) is 5. The van der Waals surface area contributed by atoms with Gasteiger partial charge < -0.3 is 37.5 Å². The zero-order chi connectivity index (χ0) is 26.7. The second kappa shape index (κ2) is 9.25. The molecule has 2 aromatic rings. The highest BCUT2D eigenvalue weighted by molar-refractivity contribution is 6.78. The van der Waals surface area contributed by atoms with Crippen molar-refractivity contribution in [2.24, 2.45) is 10.8 Å². The fourth-order valence-electron chi connectivity index (χ4n) is 5.04. The maximum atomic E-state index is 12.8. The quantitative estimate of drug-likeness (QED) is 0.427. The number of anilines is 1. The van der Waals surface area contributed by atoms with Gasteiger partial charge in [0.15, 0.2) is 24.0 Å². The molecule has 0 radical (unpaired) electrons. The van der Waals surface area contributed by atoms with Crippen LogP contribution in [0.2, 0.25) is 26.2 Å². The second-order valence-corrected chi connectivity index (χ2v) is 17.3. The van der Waals surface area contributed by atoms with Crippen molar-refractivity contribution in [3.8, 4) is 0 Å². The highest BCUT2D eigenvalue weighted by atomic mass is 28.5. The van der Waals surface area contributed by atoms with E-state index in [0.717, 1.165) is 5.39 Å². The number of amidine groups is 1. The van der Waals surface area contributed by atoms with E-state index >= 15 is 0 Å². The number of carbonyl (C=O) groups excluding carboxylic acids is 2. The van der Waals surface area contributed by atoms with Crippen LogP contribution in [0.25, 0.3) is 11.0 Å². The number of hydrogen-bond acceptors (Lipinski definition) is 12. The average Bonchev–Trinajstić information content (AvgIpc) is 3.32. The number of Topliss-reactive ketones (excluding diaryl/α,β-unsaturated/α-hetero) is 1. The maximum absolute atomic E-state index is 12.8. The molecule has 0 spiro atoms. The summed E-state index contributed by atoms with van der Waals surface area (Å²) in [7, 11) is -3.41. The summed E-state index contributed by atoms with van der Waals surface area (Å²) in [6.07, 6.45) is 0.427. The number of fused-ring (bicyclic) bond motifs is 1. The van der Waals surface area contributed by atoms with Gasteiger partial charge in [0.1, 0.15) is 30.0 Å². The summed E-state index contributed by atoms with van der Waals surface area (Å²) in [5.74, 6) is 0.290. The number of ketones is 1. The van der Waals surface area contributed by atoms with Crippen LogP contribution in [0.15, 0.2) is 17.6 Å². The number of nitrogens with two attached hydrogens (primary N) is 1. The van der Waals surface area contributed by atoms with E-state index in [4.69, 9.17) is 28.2 Å². The Bertz CT molecular complexity index is 1280. The van der Waals surface area contributed by atoms with E-state index < -0.39 is 47.6 Å². The molecule has 5 rings (SSSR count). The molecular formula is C22H32N6O7Si2.